The maximum absolute atomic E-state index is 12.3. The summed E-state index contributed by atoms with van der Waals surface area (Å²) in [5.74, 6) is 0.337. The van der Waals surface area contributed by atoms with Crippen LogP contribution in [0.4, 0.5) is 5.69 Å². The number of nitrogens with zero attached hydrogens (tertiary/aromatic N) is 1. The van der Waals surface area contributed by atoms with Crippen LogP contribution in [-0.4, -0.2) is 26.2 Å². The Morgan fingerprint density at radius 2 is 2.00 bits per heavy atom. The number of anilines is 1. The molecular formula is C17H25N3O3S. The van der Waals surface area contributed by atoms with Crippen molar-refractivity contribution < 1.29 is 13.2 Å². The first kappa shape index (κ1) is 18.4. The Hall–Kier alpha value is -1.89. The van der Waals surface area contributed by atoms with Gasteiger partial charge in [-0.1, -0.05) is 32.9 Å². The number of nitrogens with one attached hydrogen (secondary N) is 2. The fourth-order valence-electron chi connectivity index (χ4n) is 2.62. The maximum atomic E-state index is 12.3. The van der Waals surface area contributed by atoms with Crippen LogP contribution >= 0.6 is 0 Å². The van der Waals surface area contributed by atoms with E-state index in [1.54, 1.807) is 18.2 Å². The fourth-order valence-corrected chi connectivity index (χ4v) is 3.77. The van der Waals surface area contributed by atoms with Gasteiger partial charge in [0.15, 0.2) is 0 Å². The molecule has 0 aliphatic carbocycles. The number of carbonyl (C=O) groups excluding carboxylic acids is 1. The van der Waals surface area contributed by atoms with Crippen LogP contribution in [0.3, 0.4) is 0 Å². The van der Waals surface area contributed by atoms with E-state index in [1.165, 1.54) is 6.07 Å². The van der Waals surface area contributed by atoms with Crippen LogP contribution in [0, 0.1) is 5.41 Å². The topological polar surface area (TPSA) is 87.6 Å². The van der Waals surface area contributed by atoms with Crippen molar-refractivity contribution in [2.75, 3.05) is 5.32 Å². The highest BCUT2D eigenvalue weighted by Gasteiger charge is 2.30. The van der Waals surface area contributed by atoms with Crippen LogP contribution in [0.2, 0.25) is 0 Å². The Kier molecular flexibility index (Phi) is 5.32. The summed E-state index contributed by atoms with van der Waals surface area (Å²) in [5.41, 5.74) is 0.118. The number of amides is 1. The quantitative estimate of drug-likeness (QED) is 0.825. The molecule has 1 aliphatic rings. The van der Waals surface area contributed by atoms with Gasteiger partial charge < -0.3 is 10.6 Å². The number of fused-ring (bicyclic) bond motifs is 1. The molecule has 1 amide bonds. The van der Waals surface area contributed by atoms with Gasteiger partial charge in [0.1, 0.15) is 10.7 Å². The minimum absolute atomic E-state index is 0.0333. The molecule has 1 heterocycles. The highest BCUT2D eigenvalue weighted by molar-refractivity contribution is 7.90. The normalized spacial score (nSPS) is 17.2. The number of hydrogen-bond acceptors (Lipinski definition) is 4. The van der Waals surface area contributed by atoms with Crippen LogP contribution in [0.15, 0.2) is 33.6 Å². The van der Waals surface area contributed by atoms with Crippen molar-refractivity contribution >= 4 is 27.5 Å². The molecule has 0 saturated heterocycles. The van der Waals surface area contributed by atoms with Crippen LogP contribution in [-0.2, 0) is 14.8 Å². The van der Waals surface area contributed by atoms with Crippen molar-refractivity contribution in [3.63, 3.8) is 0 Å². The Morgan fingerprint density at radius 3 is 2.67 bits per heavy atom. The van der Waals surface area contributed by atoms with Gasteiger partial charge in [-0.2, -0.15) is 8.42 Å². The first-order valence-electron chi connectivity index (χ1n) is 8.12. The van der Waals surface area contributed by atoms with Crippen molar-refractivity contribution in [1.29, 1.82) is 0 Å². The van der Waals surface area contributed by atoms with E-state index < -0.39 is 15.4 Å². The Balaban J connectivity index is 2.11. The van der Waals surface area contributed by atoms with Crippen LogP contribution in [0.1, 0.15) is 47.0 Å². The lowest BCUT2D eigenvalue weighted by Gasteiger charge is -2.27. The summed E-state index contributed by atoms with van der Waals surface area (Å²) in [4.78, 5) is 12.3. The number of sulfonamides is 1. The molecule has 1 atom stereocenters. The van der Waals surface area contributed by atoms with Crippen molar-refractivity contribution in [1.82, 2.24) is 5.32 Å². The Morgan fingerprint density at radius 1 is 1.33 bits per heavy atom. The molecule has 2 N–H and O–H groups in total. The van der Waals surface area contributed by atoms with Gasteiger partial charge in [0.05, 0.1) is 5.69 Å². The van der Waals surface area contributed by atoms with Crippen molar-refractivity contribution in [3.8, 4) is 0 Å². The molecule has 6 nitrogen and oxygen atoms in total. The van der Waals surface area contributed by atoms with Gasteiger partial charge in [-0.15, -0.1) is 4.40 Å². The van der Waals surface area contributed by atoms with Gasteiger partial charge in [0.25, 0.3) is 10.0 Å². The highest BCUT2D eigenvalue weighted by atomic mass is 32.2. The predicted molar refractivity (Wildman–Crippen MR) is 95.6 cm³/mol. The molecule has 0 fully saturated rings. The smallest absolute Gasteiger partial charge is 0.286 e. The molecule has 0 bridgehead atoms. The summed E-state index contributed by atoms with van der Waals surface area (Å²) in [5, 5.41) is 6.01. The van der Waals surface area contributed by atoms with E-state index in [1.807, 2.05) is 27.7 Å². The second-order valence-corrected chi connectivity index (χ2v) is 8.60. The lowest BCUT2D eigenvalue weighted by molar-refractivity contribution is -0.123. The van der Waals surface area contributed by atoms with Crippen molar-refractivity contribution in [2.45, 2.75) is 57.9 Å². The molecule has 1 aliphatic heterocycles. The lowest BCUT2D eigenvalue weighted by Crippen LogP contribution is -2.36. The number of carbonyl (C=O) groups is 1. The number of amidine groups is 1. The molecule has 2 rings (SSSR count). The van der Waals surface area contributed by atoms with Gasteiger partial charge in [0.2, 0.25) is 5.91 Å². The van der Waals surface area contributed by atoms with Crippen LogP contribution in [0.25, 0.3) is 0 Å². The first-order chi connectivity index (χ1) is 11.1. The number of hydrogen-bond donors (Lipinski definition) is 2. The maximum Gasteiger partial charge on any atom is 0.286 e. The number of para-hydroxylation sites is 1. The van der Waals surface area contributed by atoms with Crippen LogP contribution < -0.4 is 10.6 Å². The standard InChI is InChI=1S/C17H25N3O3S/c1-5-12(2)18-16(21)11-17(3,4)10-15-19-13-8-6-7-9-14(13)24(22,23)20-15/h6-9,12H,5,10-11H2,1-4H3,(H,18,21)(H,19,20). The summed E-state index contributed by atoms with van der Waals surface area (Å²) in [7, 11) is -3.69. The van der Waals surface area contributed by atoms with E-state index in [0.29, 0.717) is 24.4 Å². The first-order valence-corrected chi connectivity index (χ1v) is 9.56. The zero-order valence-corrected chi connectivity index (χ0v) is 15.4. The van der Waals surface area contributed by atoms with Crippen LogP contribution in [0.5, 0.6) is 0 Å². The summed E-state index contributed by atoms with van der Waals surface area (Å²) in [6.45, 7) is 7.83. The molecule has 0 saturated carbocycles. The van der Waals surface area contributed by atoms with E-state index in [2.05, 4.69) is 15.0 Å². The van der Waals surface area contributed by atoms with E-state index in [4.69, 9.17) is 0 Å². The number of benzene rings is 1. The van der Waals surface area contributed by atoms with Gasteiger partial charge in [-0.25, -0.2) is 0 Å². The highest BCUT2D eigenvalue weighted by Crippen LogP contribution is 2.31. The SMILES string of the molecule is CCC(C)NC(=O)CC(C)(C)CC1=NS(=O)(=O)c2ccccc2N1. The largest absolute Gasteiger partial charge is 0.354 e. The zero-order chi connectivity index (χ0) is 18.0. The Labute approximate surface area is 143 Å². The van der Waals surface area contributed by atoms with E-state index >= 15 is 0 Å². The van der Waals surface area contributed by atoms with Gasteiger partial charge in [-0.3, -0.25) is 4.79 Å². The predicted octanol–water partition coefficient (Wildman–Crippen LogP) is 2.92. The summed E-state index contributed by atoms with van der Waals surface area (Å²) in [6.07, 6.45) is 1.55. The Bertz CT molecular complexity index is 754. The second-order valence-electron chi connectivity index (χ2n) is 7.03. The molecule has 1 aromatic rings. The molecular weight excluding hydrogens is 326 g/mol. The van der Waals surface area contributed by atoms with E-state index in [9.17, 15) is 13.2 Å². The second kappa shape index (κ2) is 6.93. The average Bonchev–Trinajstić information content (AvgIpc) is 2.44. The summed E-state index contributed by atoms with van der Waals surface area (Å²) < 4.78 is 28.4. The molecule has 1 aromatic carbocycles. The van der Waals surface area contributed by atoms with Gasteiger partial charge >= 0.3 is 0 Å². The van der Waals surface area contributed by atoms with Gasteiger partial charge in [-0.05, 0) is 30.9 Å². The molecule has 1 unspecified atom stereocenters. The molecule has 24 heavy (non-hydrogen) atoms. The van der Waals surface area contributed by atoms with Crippen molar-refractivity contribution in [3.05, 3.63) is 24.3 Å². The zero-order valence-electron chi connectivity index (χ0n) is 14.6. The monoisotopic (exact) mass is 351 g/mol. The molecule has 0 spiro atoms. The van der Waals surface area contributed by atoms with Crippen molar-refractivity contribution in [2.24, 2.45) is 9.81 Å². The van der Waals surface area contributed by atoms with E-state index in [0.717, 1.165) is 6.42 Å². The third kappa shape index (κ3) is 4.56. The van der Waals surface area contributed by atoms with E-state index in [-0.39, 0.29) is 16.8 Å². The summed E-state index contributed by atoms with van der Waals surface area (Å²) >= 11 is 0. The molecule has 0 radical (unpaired) electrons. The minimum Gasteiger partial charge on any atom is -0.354 e. The fraction of sp³-hybridized carbons (Fsp3) is 0.529. The minimum atomic E-state index is -3.69. The molecule has 132 valence electrons. The summed E-state index contributed by atoms with van der Waals surface area (Å²) in [6, 6.07) is 6.81. The number of rotatable bonds is 6. The third-order valence-electron chi connectivity index (χ3n) is 3.98. The lowest BCUT2D eigenvalue weighted by atomic mass is 9.84. The van der Waals surface area contributed by atoms with Gasteiger partial charge in [0, 0.05) is 18.9 Å². The third-order valence-corrected chi connectivity index (χ3v) is 5.35. The molecule has 7 heteroatoms. The average molecular weight is 351 g/mol. The molecule has 0 aromatic heterocycles.